The number of alkyl halides is 3. The van der Waals surface area contributed by atoms with Gasteiger partial charge in [0, 0.05) is 12.2 Å². The van der Waals surface area contributed by atoms with Gasteiger partial charge in [0.25, 0.3) is 0 Å². The van der Waals surface area contributed by atoms with E-state index >= 15 is 0 Å². The van der Waals surface area contributed by atoms with Gasteiger partial charge < -0.3 is 5.32 Å². The van der Waals surface area contributed by atoms with E-state index < -0.39 is 18.6 Å². The van der Waals surface area contributed by atoms with Crippen molar-refractivity contribution in [1.82, 2.24) is 0 Å². The Labute approximate surface area is 98.1 Å². The highest BCUT2D eigenvalue weighted by atomic mass is 19.4. The summed E-state index contributed by atoms with van der Waals surface area (Å²) in [6, 6.07) is 8.39. The molecule has 0 saturated heterocycles. The molecule has 1 unspecified atom stereocenters. The number of anilines is 1. The van der Waals surface area contributed by atoms with Crippen LogP contribution in [0.25, 0.3) is 0 Å². The largest absolute Gasteiger partial charge is 0.406 e. The predicted molar refractivity (Wildman–Crippen MR) is 59.5 cm³/mol. The fraction of sp³-hybridized carbons (Fsp3) is 0.417. The van der Waals surface area contributed by atoms with Crippen LogP contribution in [0.3, 0.4) is 0 Å². The normalized spacial score (nSPS) is 12.9. The predicted octanol–water partition coefficient (Wildman–Crippen LogP) is 3.36. The van der Waals surface area contributed by atoms with E-state index in [9.17, 15) is 13.2 Å². The molecule has 92 valence electrons. The lowest BCUT2D eigenvalue weighted by Gasteiger charge is -2.16. The second kappa shape index (κ2) is 5.58. The second-order valence-corrected chi connectivity index (χ2v) is 3.61. The van der Waals surface area contributed by atoms with Gasteiger partial charge in [-0.3, -0.25) is 0 Å². The Morgan fingerprint density at radius 2 is 2.00 bits per heavy atom. The molecule has 17 heavy (non-hydrogen) atoms. The molecular weight excluding hydrogens is 229 g/mol. The Kier molecular flexibility index (Phi) is 4.38. The second-order valence-electron chi connectivity index (χ2n) is 3.61. The van der Waals surface area contributed by atoms with Crippen LogP contribution < -0.4 is 5.32 Å². The van der Waals surface area contributed by atoms with Crippen LogP contribution >= 0.6 is 0 Å². The van der Waals surface area contributed by atoms with Crippen LogP contribution in [-0.2, 0) is 6.42 Å². The molecule has 0 aromatic heterocycles. The molecule has 0 spiro atoms. The van der Waals surface area contributed by atoms with E-state index in [0.717, 1.165) is 12.0 Å². The van der Waals surface area contributed by atoms with Crippen molar-refractivity contribution in [2.45, 2.75) is 19.5 Å². The monoisotopic (exact) mass is 242 g/mol. The molecule has 0 fully saturated rings. The van der Waals surface area contributed by atoms with Crippen LogP contribution in [0.2, 0.25) is 0 Å². The summed E-state index contributed by atoms with van der Waals surface area (Å²) in [5, 5.41) is 11.1. The molecule has 0 radical (unpaired) electrons. The molecule has 1 atom stereocenters. The summed E-state index contributed by atoms with van der Waals surface area (Å²) in [6.45, 7) is 1.50. The highest BCUT2D eigenvalue weighted by Gasteiger charge is 2.39. The third-order valence-electron chi connectivity index (χ3n) is 2.45. The number of nitriles is 1. The van der Waals surface area contributed by atoms with Crippen LogP contribution in [0, 0.1) is 17.2 Å². The van der Waals surface area contributed by atoms with Gasteiger partial charge in [0.1, 0.15) is 0 Å². The van der Waals surface area contributed by atoms with E-state index in [2.05, 4.69) is 5.32 Å². The molecule has 0 bridgehead atoms. The minimum absolute atomic E-state index is 0.420. The first-order valence-electron chi connectivity index (χ1n) is 5.27. The van der Waals surface area contributed by atoms with Gasteiger partial charge in [0.05, 0.1) is 6.07 Å². The van der Waals surface area contributed by atoms with Gasteiger partial charge in [-0.05, 0) is 18.1 Å². The Morgan fingerprint density at radius 1 is 1.35 bits per heavy atom. The number of nitrogens with zero attached hydrogens (tertiary/aromatic N) is 1. The molecule has 0 saturated carbocycles. The third-order valence-corrected chi connectivity index (χ3v) is 2.45. The van der Waals surface area contributed by atoms with Gasteiger partial charge in [0.15, 0.2) is 5.92 Å². The molecule has 1 rings (SSSR count). The highest BCUT2D eigenvalue weighted by Crippen LogP contribution is 2.26. The van der Waals surface area contributed by atoms with Crippen molar-refractivity contribution < 1.29 is 13.2 Å². The average Bonchev–Trinajstić information content (AvgIpc) is 2.28. The summed E-state index contributed by atoms with van der Waals surface area (Å²) < 4.78 is 37.0. The van der Waals surface area contributed by atoms with E-state index in [1.807, 2.05) is 19.1 Å². The highest BCUT2D eigenvalue weighted by molar-refractivity contribution is 5.51. The summed E-state index contributed by atoms with van der Waals surface area (Å²) in [7, 11) is 0. The molecule has 0 amide bonds. The fourth-order valence-electron chi connectivity index (χ4n) is 1.45. The van der Waals surface area contributed by atoms with Crippen molar-refractivity contribution in [3.05, 3.63) is 29.8 Å². The molecular formula is C12H13F3N2. The van der Waals surface area contributed by atoms with Gasteiger partial charge >= 0.3 is 6.18 Å². The molecule has 1 aromatic carbocycles. The third kappa shape index (κ3) is 3.66. The smallest absolute Gasteiger partial charge is 0.383 e. The van der Waals surface area contributed by atoms with E-state index in [0.29, 0.717) is 5.69 Å². The summed E-state index contributed by atoms with van der Waals surface area (Å²) in [5.74, 6) is -1.98. The zero-order valence-corrected chi connectivity index (χ0v) is 9.38. The average molecular weight is 242 g/mol. The van der Waals surface area contributed by atoms with Crippen molar-refractivity contribution >= 4 is 5.69 Å². The maximum Gasteiger partial charge on any atom is 0.406 e. The van der Waals surface area contributed by atoms with E-state index in [1.165, 1.54) is 6.07 Å². The number of hydrogen-bond donors (Lipinski definition) is 1. The van der Waals surface area contributed by atoms with Crippen molar-refractivity contribution in [3.63, 3.8) is 0 Å². The number of rotatable bonds is 4. The van der Waals surface area contributed by atoms with Crippen molar-refractivity contribution in [2.75, 3.05) is 11.9 Å². The Bertz CT molecular complexity index is 407. The standard InChI is InChI=1S/C12H13F3N2/c1-2-9-5-3-4-6-11(9)17-8-10(7-16)12(13,14)15/h3-6,10,17H,2,8H2,1H3. The maximum absolute atomic E-state index is 12.3. The zero-order chi connectivity index (χ0) is 12.9. The molecule has 2 nitrogen and oxygen atoms in total. The van der Waals surface area contributed by atoms with Gasteiger partial charge in [-0.15, -0.1) is 0 Å². The molecule has 1 N–H and O–H groups in total. The maximum atomic E-state index is 12.3. The number of para-hydroxylation sites is 1. The zero-order valence-electron chi connectivity index (χ0n) is 9.38. The minimum atomic E-state index is -4.48. The van der Waals surface area contributed by atoms with Crippen LogP contribution in [0.4, 0.5) is 18.9 Å². The van der Waals surface area contributed by atoms with Crippen LogP contribution in [0.5, 0.6) is 0 Å². The fourth-order valence-corrected chi connectivity index (χ4v) is 1.45. The van der Waals surface area contributed by atoms with Gasteiger partial charge in [-0.2, -0.15) is 18.4 Å². The van der Waals surface area contributed by atoms with Crippen molar-refractivity contribution in [3.8, 4) is 6.07 Å². The van der Waals surface area contributed by atoms with Crippen LogP contribution in [0.15, 0.2) is 24.3 Å². The number of benzene rings is 1. The van der Waals surface area contributed by atoms with Crippen molar-refractivity contribution in [1.29, 1.82) is 5.26 Å². The Morgan fingerprint density at radius 3 is 2.53 bits per heavy atom. The topological polar surface area (TPSA) is 35.8 Å². The first-order valence-corrected chi connectivity index (χ1v) is 5.27. The van der Waals surface area contributed by atoms with Crippen LogP contribution in [0.1, 0.15) is 12.5 Å². The lowest BCUT2D eigenvalue weighted by Crippen LogP contribution is -2.28. The first kappa shape index (κ1) is 13.4. The quantitative estimate of drug-likeness (QED) is 0.878. The molecule has 5 heteroatoms. The Hall–Kier alpha value is -1.70. The van der Waals surface area contributed by atoms with Gasteiger partial charge in [-0.1, -0.05) is 25.1 Å². The van der Waals surface area contributed by atoms with E-state index in [1.54, 1.807) is 12.1 Å². The molecule has 0 aliphatic rings. The molecule has 0 heterocycles. The van der Waals surface area contributed by atoms with Crippen LogP contribution in [-0.4, -0.2) is 12.7 Å². The first-order chi connectivity index (χ1) is 7.99. The summed E-state index contributed by atoms with van der Waals surface area (Å²) in [4.78, 5) is 0. The number of aryl methyl sites for hydroxylation is 1. The summed E-state index contributed by atoms with van der Waals surface area (Å²) in [6.07, 6.45) is -3.75. The SMILES string of the molecule is CCc1ccccc1NCC(C#N)C(F)(F)F. The lowest BCUT2D eigenvalue weighted by molar-refractivity contribution is -0.155. The number of halogens is 3. The number of nitrogens with one attached hydrogen (secondary N) is 1. The van der Waals surface area contributed by atoms with E-state index in [4.69, 9.17) is 5.26 Å². The van der Waals surface area contributed by atoms with Crippen molar-refractivity contribution in [2.24, 2.45) is 5.92 Å². The minimum Gasteiger partial charge on any atom is -0.383 e. The Balaban J connectivity index is 2.70. The van der Waals surface area contributed by atoms with E-state index in [-0.39, 0.29) is 0 Å². The molecule has 0 aliphatic heterocycles. The molecule has 1 aromatic rings. The summed E-state index contributed by atoms with van der Waals surface area (Å²) in [5.41, 5.74) is 1.59. The molecule has 0 aliphatic carbocycles. The number of hydrogen-bond acceptors (Lipinski definition) is 2. The lowest BCUT2D eigenvalue weighted by atomic mass is 10.1. The van der Waals surface area contributed by atoms with Gasteiger partial charge in [0.2, 0.25) is 0 Å². The summed E-state index contributed by atoms with van der Waals surface area (Å²) >= 11 is 0. The van der Waals surface area contributed by atoms with Gasteiger partial charge in [-0.25, -0.2) is 0 Å².